The topological polar surface area (TPSA) is 85.8 Å². The van der Waals surface area contributed by atoms with Gasteiger partial charge >= 0.3 is 0 Å². The van der Waals surface area contributed by atoms with Crippen molar-refractivity contribution in [2.45, 2.75) is 32.8 Å². The Morgan fingerprint density at radius 2 is 1.86 bits per heavy atom. The minimum absolute atomic E-state index is 0.116. The highest BCUT2D eigenvalue weighted by molar-refractivity contribution is 6.31. The quantitative estimate of drug-likeness (QED) is 0.392. The fraction of sp³-hybridized carbons (Fsp3) is 0.364. The number of amides is 1. The van der Waals surface area contributed by atoms with Crippen molar-refractivity contribution in [3.05, 3.63) is 64.7 Å². The average molecular weight is 417 g/mol. The summed E-state index contributed by atoms with van der Waals surface area (Å²) in [6.45, 7) is 6.83. The van der Waals surface area contributed by atoms with Crippen molar-refractivity contribution >= 4 is 29.2 Å². The van der Waals surface area contributed by atoms with Crippen LogP contribution >= 0.6 is 11.6 Å². The lowest BCUT2D eigenvalue weighted by Gasteiger charge is -2.22. The summed E-state index contributed by atoms with van der Waals surface area (Å²) in [5.74, 6) is 0.436. The first-order valence-electron chi connectivity index (χ1n) is 9.68. The second-order valence-corrected chi connectivity index (χ2v) is 7.38. The van der Waals surface area contributed by atoms with Crippen molar-refractivity contribution < 1.29 is 9.90 Å². The molecule has 2 aromatic rings. The fourth-order valence-corrected chi connectivity index (χ4v) is 2.89. The second-order valence-electron chi connectivity index (χ2n) is 6.97. The van der Waals surface area contributed by atoms with E-state index in [0.717, 1.165) is 11.1 Å². The average Bonchev–Trinajstić information content (AvgIpc) is 2.70. The standard InChI is InChI=1S/C22H29ClN4O2/c1-4-24-21(26-15-22(3,29)17-9-6-5-7-10-17)25-14-13-20(28)27-19-12-8-11-18(23)16(19)2/h5-12,29H,4,13-15H2,1-3H3,(H,27,28)(H2,24,25,26). The number of hydrogen-bond acceptors (Lipinski definition) is 3. The van der Waals surface area contributed by atoms with Gasteiger partial charge in [-0.2, -0.15) is 0 Å². The molecule has 0 saturated heterocycles. The highest BCUT2D eigenvalue weighted by atomic mass is 35.5. The summed E-state index contributed by atoms with van der Waals surface area (Å²) >= 11 is 6.09. The minimum Gasteiger partial charge on any atom is -0.384 e. The van der Waals surface area contributed by atoms with Gasteiger partial charge in [0.25, 0.3) is 0 Å². The van der Waals surface area contributed by atoms with Crippen molar-refractivity contribution in [3.63, 3.8) is 0 Å². The number of carbonyl (C=O) groups excluding carboxylic acids is 1. The first-order valence-corrected chi connectivity index (χ1v) is 10.1. The molecule has 2 rings (SSSR count). The molecule has 0 aliphatic heterocycles. The molecule has 0 heterocycles. The van der Waals surface area contributed by atoms with Crippen LogP contribution in [0, 0.1) is 6.92 Å². The van der Waals surface area contributed by atoms with Crippen molar-refractivity contribution in [1.82, 2.24) is 10.6 Å². The van der Waals surface area contributed by atoms with Gasteiger partial charge in [0.2, 0.25) is 5.91 Å². The summed E-state index contributed by atoms with van der Waals surface area (Å²) in [7, 11) is 0. The number of benzene rings is 2. The zero-order chi connectivity index (χ0) is 21.3. The van der Waals surface area contributed by atoms with E-state index in [1.165, 1.54) is 0 Å². The number of aliphatic imine (C=N–C) groups is 1. The third-order valence-corrected chi connectivity index (χ3v) is 4.88. The van der Waals surface area contributed by atoms with E-state index in [2.05, 4.69) is 20.9 Å². The van der Waals surface area contributed by atoms with Crippen molar-refractivity contribution in [1.29, 1.82) is 0 Å². The predicted molar refractivity (Wildman–Crippen MR) is 119 cm³/mol. The van der Waals surface area contributed by atoms with Gasteiger partial charge in [0.15, 0.2) is 5.96 Å². The SMILES string of the molecule is CCNC(=NCC(C)(O)c1ccccc1)NCCC(=O)Nc1cccc(Cl)c1C. The molecule has 29 heavy (non-hydrogen) atoms. The third-order valence-electron chi connectivity index (χ3n) is 4.47. The van der Waals surface area contributed by atoms with Crippen LogP contribution in [0.5, 0.6) is 0 Å². The molecule has 0 aliphatic rings. The molecule has 7 heteroatoms. The molecule has 1 amide bonds. The van der Waals surface area contributed by atoms with Gasteiger partial charge in [-0.25, -0.2) is 4.99 Å². The molecule has 0 saturated carbocycles. The molecule has 0 fully saturated rings. The van der Waals surface area contributed by atoms with Crippen LogP contribution in [-0.4, -0.2) is 36.6 Å². The van der Waals surface area contributed by atoms with E-state index in [-0.39, 0.29) is 18.9 Å². The summed E-state index contributed by atoms with van der Waals surface area (Å²) in [5.41, 5.74) is 1.27. The van der Waals surface area contributed by atoms with E-state index in [9.17, 15) is 9.90 Å². The van der Waals surface area contributed by atoms with E-state index in [4.69, 9.17) is 11.6 Å². The van der Waals surface area contributed by atoms with Gasteiger partial charge in [0, 0.05) is 30.2 Å². The van der Waals surface area contributed by atoms with Crippen LogP contribution in [0.25, 0.3) is 0 Å². The Bertz CT molecular complexity index is 838. The van der Waals surface area contributed by atoms with E-state index in [1.54, 1.807) is 19.1 Å². The Kier molecular flexibility index (Phi) is 8.49. The van der Waals surface area contributed by atoms with Gasteiger partial charge in [-0.3, -0.25) is 4.79 Å². The maximum atomic E-state index is 12.2. The number of guanidine groups is 1. The van der Waals surface area contributed by atoms with Crippen molar-refractivity contribution in [2.24, 2.45) is 4.99 Å². The molecular weight excluding hydrogens is 388 g/mol. The predicted octanol–water partition coefficient (Wildman–Crippen LogP) is 3.44. The van der Waals surface area contributed by atoms with Crippen LogP contribution in [0.1, 0.15) is 31.4 Å². The first-order chi connectivity index (χ1) is 13.8. The maximum Gasteiger partial charge on any atom is 0.226 e. The number of rotatable bonds is 8. The smallest absolute Gasteiger partial charge is 0.226 e. The molecule has 6 nitrogen and oxygen atoms in total. The van der Waals surface area contributed by atoms with Crippen LogP contribution in [0.4, 0.5) is 5.69 Å². The van der Waals surface area contributed by atoms with Crippen LogP contribution in [0.2, 0.25) is 5.02 Å². The van der Waals surface area contributed by atoms with Gasteiger partial charge in [0.1, 0.15) is 5.60 Å². The molecule has 2 aromatic carbocycles. The highest BCUT2D eigenvalue weighted by Gasteiger charge is 2.22. The Morgan fingerprint density at radius 3 is 2.55 bits per heavy atom. The minimum atomic E-state index is -1.08. The Labute approximate surface area is 177 Å². The molecule has 4 N–H and O–H groups in total. The summed E-state index contributed by atoms with van der Waals surface area (Å²) in [5, 5.41) is 20.4. The number of nitrogens with one attached hydrogen (secondary N) is 3. The van der Waals surface area contributed by atoms with Gasteiger partial charge in [-0.15, -0.1) is 0 Å². The summed E-state index contributed by atoms with van der Waals surface area (Å²) < 4.78 is 0. The van der Waals surface area contributed by atoms with Crippen molar-refractivity contribution in [2.75, 3.05) is 25.0 Å². The third kappa shape index (κ3) is 7.07. The Hall–Kier alpha value is -2.57. The number of aliphatic hydroxyl groups is 1. The molecule has 0 spiro atoms. The van der Waals surface area contributed by atoms with Crippen molar-refractivity contribution in [3.8, 4) is 0 Å². The van der Waals surface area contributed by atoms with Crippen LogP contribution in [0.3, 0.4) is 0 Å². The van der Waals surface area contributed by atoms with Crippen LogP contribution in [0.15, 0.2) is 53.5 Å². The Morgan fingerprint density at radius 1 is 1.14 bits per heavy atom. The number of anilines is 1. The molecule has 156 valence electrons. The van der Waals surface area contributed by atoms with Gasteiger partial charge in [0.05, 0.1) is 6.54 Å². The zero-order valence-corrected chi connectivity index (χ0v) is 17.9. The molecule has 1 unspecified atom stereocenters. The lowest BCUT2D eigenvalue weighted by molar-refractivity contribution is -0.116. The van der Waals surface area contributed by atoms with Gasteiger partial charge < -0.3 is 21.1 Å². The number of nitrogens with zero attached hydrogens (tertiary/aromatic N) is 1. The monoisotopic (exact) mass is 416 g/mol. The Balaban J connectivity index is 1.89. The fourth-order valence-electron chi connectivity index (χ4n) is 2.71. The molecule has 0 aromatic heterocycles. The second kappa shape index (κ2) is 10.8. The molecule has 0 bridgehead atoms. The van der Waals surface area contributed by atoms with Gasteiger partial charge in [-0.05, 0) is 44.0 Å². The number of carbonyl (C=O) groups is 1. The molecule has 1 atom stereocenters. The van der Waals surface area contributed by atoms with Crippen LogP contribution in [-0.2, 0) is 10.4 Å². The summed E-state index contributed by atoms with van der Waals surface area (Å²) in [6.07, 6.45) is 0.269. The molecule has 0 aliphatic carbocycles. The lowest BCUT2D eigenvalue weighted by Crippen LogP contribution is -2.40. The van der Waals surface area contributed by atoms with E-state index >= 15 is 0 Å². The first kappa shape index (κ1) is 22.7. The van der Waals surface area contributed by atoms with E-state index < -0.39 is 5.60 Å². The van der Waals surface area contributed by atoms with Gasteiger partial charge in [-0.1, -0.05) is 48.0 Å². The highest BCUT2D eigenvalue weighted by Crippen LogP contribution is 2.23. The normalized spacial score (nSPS) is 13.5. The number of hydrogen-bond donors (Lipinski definition) is 4. The summed E-state index contributed by atoms with van der Waals surface area (Å²) in [6, 6.07) is 14.8. The zero-order valence-electron chi connectivity index (χ0n) is 17.1. The largest absolute Gasteiger partial charge is 0.384 e. The lowest BCUT2D eigenvalue weighted by atomic mass is 9.96. The van der Waals surface area contributed by atoms with Crippen LogP contribution < -0.4 is 16.0 Å². The van der Waals surface area contributed by atoms with E-state index in [1.807, 2.05) is 50.2 Å². The maximum absolute atomic E-state index is 12.2. The van der Waals surface area contributed by atoms with E-state index in [0.29, 0.717) is 29.8 Å². The molecular formula is C22H29ClN4O2. The number of halogens is 1. The summed E-state index contributed by atoms with van der Waals surface area (Å²) in [4.78, 5) is 16.7. The molecule has 0 radical (unpaired) electrons.